The first kappa shape index (κ1) is 13.3. The zero-order chi connectivity index (χ0) is 14.1. The molecule has 20 heavy (non-hydrogen) atoms. The normalized spacial score (nSPS) is 22.9. The van der Waals surface area contributed by atoms with E-state index in [0.717, 1.165) is 37.0 Å². The maximum absolute atomic E-state index is 13.8. The third-order valence-corrected chi connectivity index (χ3v) is 4.52. The summed E-state index contributed by atoms with van der Waals surface area (Å²) < 4.78 is 13.8. The number of ketones is 1. The third-order valence-electron chi connectivity index (χ3n) is 4.52. The number of fused-ring (bicyclic) bond motifs is 1. The lowest BCUT2D eigenvalue weighted by Gasteiger charge is -2.25. The molecule has 0 N–H and O–H groups in total. The molecule has 0 spiro atoms. The number of hydrogen-bond donors (Lipinski definition) is 0. The highest BCUT2D eigenvalue weighted by molar-refractivity contribution is 6.09. The Morgan fingerprint density at radius 1 is 1.00 bits per heavy atom. The van der Waals surface area contributed by atoms with Gasteiger partial charge in [0.2, 0.25) is 0 Å². The Labute approximate surface area is 118 Å². The first-order valence-electron chi connectivity index (χ1n) is 7.38. The lowest BCUT2D eigenvalue weighted by molar-refractivity contribution is 0.0877. The van der Waals surface area contributed by atoms with Crippen molar-refractivity contribution in [3.8, 4) is 0 Å². The summed E-state index contributed by atoms with van der Waals surface area (Å²) in [5.41, 5.74) is 0.682. The van der Waals surface area contributed by atoms with E-state index < -0.39 is 0 Å². The summed E-state index contributed by atoms with van der Waals surface area (Å²) >= 11 is 0. The Bertz CT molecular complexity index is 639. The monoisotopic (exact) mass is 270 g/mol. The smallest absolute Gasteiger partial charge is 0.166 e. The molecule has 1 aliphatic carbocycles. The molecule has 2 heteroatoms. The summed E-state index contributed by atoms with van der Waals surface area (Å²) in [7, 11) is 0. The van der Waals surface area contributed by atoms with Crippen LogP contribution in [0.1, 0.15) is 43.0 Å². The summed E-state index contributed by atoms with van der Waals surface area (Å²) in [5.74, 6) is 0.770. The Kier molecular flexibility index (Phi) is 3.56. The summed E-state index contributed by atoms with van der Waals surface area (Å²) in [6.45, 7) is 2.24. The number of carbonyl (C=O) groups is 1. The van der Waals surface area contributed by atoms with Crippen LogP contribution in [-0.4, -0.2) is 5.78 Å². The van der Waals surface area contributed by atoms with Crippen molar-refractivity contribution in [3.63, 3.8) is 0 Å². The third kappa shape index (κ3) is 2.35. The van der Waals surface area contributed by atoms with Gasteiger partial charge in [-0.3, -0.25) is 4.79 Å². The minimum Gasteiger partial charge on any atom is -0.294 e. The SMILES string of the molecule is CC1CCC(C(=O)c2ccc(F)c3ccccc23)CC1. The van der Waals surface area contributed by atoms with Gasteiger partial charge in [-0.05, 0) is 36.3 Å². The Morgan fingerprint density at radius 3 is 2.35 bits per heavy atom. The molecule has 0 aromatic heterocycles. The van der Waals surface area contributed by atoms with Gasteiger partial charge in [-0.25, -0.2) is 4.39 Å². The van der Waals surface area contributed by atoms with E-state index in [9.17, 15) is 9.18 Å². The van der Waals surface area contributed by atoms with Crippen LogP contribution in [0, 0.1) is 17.7 Å². The van der Waals surface area contributed by atoms with Crippen molar-refractivity contribution in [1.82, 2.24) is 0 Å². The number of hydrogen-bond acceptors (Lipinski definition) is 1. The van der Waals surface area contributed by atoms with E-state index in [2.05, 4.69) is 6.92 Å². The van der Waals surface area contributed by atoms with E-state index >= 15 is 0 Å². The van der Waals surface area contributed by atoms with Crippen LogP contribution in [-0.2, 0) is 0 Å². The average Bonchev–Trinajstić information content (AvgIpc) is 2.48. The fourth-order valence-corrected chi connectivity index (χ4v) is 3.22. The zero-order valence-corrected chi connectivity index (χ0v) is 11.7. The standard InChI is InChI=1S/C18H19FO/c1-12-6-8-13(9-7-12)18(20)16-10-11-17(19)15-5-3-2-4-14(15)16/h2-5,10-13H,6-9H2,1H3. The molecule has 0 saturated heterocycles. The first-order valence-corrected chi connectivity index (χ1v) is 7.38. The molecule has 0 unspecified atom stereocenters. The molecule has 0 atom stereocenters. The Morgan fingerprint density at radius 2 is 1.65 bits per heavy atom. The molecular weight excluding hydrogens is 251 g/mol. The summed E-state index contributed by atoms with van der Waals surface area (Å²) in [6, 6.07) is 10.3. The van der Waals surface area contributed by atoms with Crippen molar-refractivity contribution in [1.29, 1.82) is 0 Å². The number of Topliss-reactive ketones (excluding diaryl/α,β-unsaturated/α-hetero) is 1. The predicted molar refractivity (Wildman–Crippen MR) is 79.4 cm³/mol. The summed E-state index contributed by atoms with van der Waals surface area (Å²) in [6.07, 6.45) is 4.17. The van der Waals surface area contributed by atoms with Gasteiger partial charge in [0.25, 0.3) is 0 Å². The molecular formula is C18H19FO. The van der Waals surface area contributed by atoms with Gasteiger partial charge in [0, 0.05) is 16.9 Å². The molecule has 0 bridgehead atoms. The van der Waals surface area contributed by atoms with Crippen LogP contribution in [0.2, 0.25) is 0 Å². The minimum absolute atomic E-state index is 0.111. The number of carbonyl (C=O) groups excluding carboxylic acids is 1. The Hall–Kier alpha value is -1.70. The van der Waals surface area contributed by atoms with Gasteiger partial charge in [-0.15, -0.1) is 0 Å². The minimum atomic E-state index is -0.255. The molecule has 0 radical (unpaired) electrons. The van der Waals surface area contributed by atoms with Crippen LogP contribution in [0.15, 0.2) is 36.4 Å². The van der Waals surface area contributed by atoms with E-state index in [1.807, 2.05) is 18.2 Å². The Balaban J connectivity index is 1.98. The molecule has 2 aromatic rings. The number of benzene rings is 2. The lowest BCUT2D eigenvalue weighted by atomic mass is 9.79. The molecule has 0 amide bonds. The summed E-state index contributed by atoms with van der Waals surface area (Å²) in [5, 5.41) is 1.29. The van der Waals surface area contributed by atoms with Crippen molar-refractivity contribution >= 4 is 16.6 Å². The van der Waals surface area contributed by atoms with Crippen molar-refractivity contribution in [2.75, 3.05) is 0 Å². The van der Waals surface area contributed by atoms with E-state index in [1.165, 1.54) is 6.07 Å². The second-order valence-electron chi connectivity index (χ2n) is 5.96. The molecule has 0 aliphatic heterocycles. The highest BCUT2D eigenvalue weighted by Gasteiger charge is 2.26. The largest absolute Gasteiger partial charge is 0.294 e. The van der Waals surface area contributed by atoms with Crippen LogP contribution < -0.4 is 0 Å². The average molecular weight is 270 g/mol. The second-order valence-corrected chi connectivity index (χ2v) is 5.96. The van der Waals surface area contributed by atoms with Gasteiger partial charge in [0.1, 0.15) is 5.82 Å². The van der Waals surface area contributed by atoms with E-state index in [0.29, 0.717) is 10.9 Å². The molecule has 1 aliphatic rings. The van der Waals surface area contributed by atoms with E-state index in [-0.39, 0.29) is 17.5 Å². The van der Waals surface area contributed by atoms with Crippen molar-refractivity contribution < 1.29 is 9.18 Å². The number of halogens is 1. The van der Waals surface area contributed by atoms with Crippen LogP contribution in [0.4, 0.5) is 4.39 Å². The predicted octanol–water partition coefficient (Wildman–Crippen LogP) is 4.99. The summed E-state index contributed by atoms with van der Waals surface area (Å²) in [4.78, 5) is 12.7. The highest BCUT2D eigenvalue weighted by Crippen LogP contribution is 2.32. The van der Waals surface area contributed by atoms with Gasteiger partial charge >= 0.3 is 0 Å². The van der Waals surface area contributed by atoms with Gasteiger partial charge in [0.15, 0.2) is 5.78 Å². The van der Waals surface area contributed by atoms with Crippen LogP contribution in [0.3, 0.4) is 0 Å². The molecule has 0 heterocycles. The molecule has 1 fully saturated rings. The fraction of sp³-hybridized carbons (Fsp3) is 0.389. The maximum Gasteiger partial charge on any atom is 0.166 e. The van der Waals surface area contributed by atoms with E-state index in [1.54, 1.807) is 12.1 Å². The maximum atomic E-state index is 13.8. The highest BCUT2D eigenvalue weighted by atomic mass is 19.1. The molecule has 2 aromatic carbocycles. The second kappa shape index (κ2) is 5.35. The quantitative estimate of drug-likeness (QED) is 0.703. The van der Waals surface area contributed by atoms with Gasteiger partial charge in [0.05, 0.1) is 0 Å². The molecule has 104 valence electrons. The fourth-order valence-electron chi connectivity index (χ4n) is 3.22. The van der Waals surface area contributed by atoms with E-state index in [4.69, 9.17) is 0 Å². The van der Waals surface area contributed by atoms with Gasteiger partial charge < -0.3 is 0 Å². The first-order chi connectivity index (χ1) is 9.66. The lowest BCUT2D eigenvalue weighted by Crippen LogP contribution is -2.21. The van der Waals surface area contributed by atoms with Crippen LogP contribution in [0.25, 0.3) is 10.8 Å². The van der Waals surface area contributed by atoms with Crippen molar-refractivity contribution in [2.45, 2.75) is 32.6 Å². The molecule has 1 saturated carbocycles. The van der Waals surface area contributed by atoms with Gasteiger partial charge in [-0.1, -0.05) is 44.0 Å². The molecule has 1 nitrogen and oxygen atoms in total. The van der Waals surface area contributed by atoms with Crippen LogP contribution in [0.5, 0.6) is 0 Å². The van der Waals surface area contributed by atoms with Gasteiger partial charge in [-0.2, -0.15) is 0 Å². The number of rotatable bonds is 2. The topological polar surface area (TPSA) is 17.1 Å². The molecule has 3 rings (SSSR count). The zero-order valence-electron chi connectivity index (χ0n) is 11.7. The van der Waals surface area contributed by atoms with Crippen molar-refractivity contribution in [2.24, 2.45) is 11.8 Å². The van der Waals surface area contributed by atoms with Crippen LogP contribution >= 0.6 is 0 Å². The van der Waals surface area contributed by atoms with Crippen molar-refractivity contribution in [3.05, 3.63) is 47.8 Å².